The third kappa shape index (κ3) is 3.98. The molecule has 6 atom stereocenters. The van der Waals surface area contributed by atoms with Crippen LogP contribution in [0.5, 0.6) is 0 Å². The molecule has 6 unspecified atom stereocenters. The lowest BCUT2D eigenvalue weighted by Gasteiger charge is -2.64. The Hall–Kier alpha value is -1.70. The predicted molar refractivity (Wildman–Crippen MR) is 126 cm³/mol. The first kappa shape index (κ1) is 23.7. The Bertz CT molecular complexity index is 987. The third-order valence-corrected chi connectivity index (χ3v) is 9.60. The molecule has 0 radical (unpaired) electrons. The van der Waals surface area contributed by atoms with E-state index in [-0.39, 0.29) is 11.9 Å². The average molecular weight is 487 g/mol. The molecule has 7 nitrogen and oxygen atoms in total. The molecular formula is C28H38O7. The van der Waals surface area contributed by atoms with Gasteiger partial charge >= 0.3 is 11.9 Å². The standard InChI is InChI=1S/C28H38O7/c1-17(2)22(29)32-25-7-19-5-20(8-25)10-26(9-19,15-25)34-35-28-12-21-6-24(31,14-28)13-27(11-21,16-28)33-23(30)18(3)4/h19-21,31H,1,3,5-16H2,2,4H3. The molecule has 0 spiro atoms. The van der Waals surface area contributed by atoms with Crippen molar-refractivity contribution < 1.29 is 33.9 Å². The van der Waals surface area contributed by atoms with E-state index in [4.69, 9.17) is 19.2 Å². The van der Waals surface area contributed by atoms with Crippen LogP contribution < -0.4 is 0 Å². The monoisotopic (exact) mass is 486 g/mol. The molecule has 0 aliphatic heterocycles. The minimum Gasteiger partial charge on any atom is -0.456 e. The molecule has 0 heterocycles. The molecule has 192 valence electrons. The normalized spacial score (nSPS) is 48.6. The zero-order valence-electron chi connectivity index (χ0n) is 21.0. The zero-order chi connectivity index (χ0) is 24.9. The second-order valence-electron chi connectivity index (χ2n) is 13.4. The quantitative estimate of drug-likeness (QED) is 0.246. The van der Waals surface area contributed by atoms with Crippen LogP contribution in [0.4, 0.5) is 0 Å². The largest absolute Gasteiger partial charge is 0.456 e. The summed E-state index contributed by atoms with van der Waals surface area (Å²) in [5.74, 6) is 0.376. The highest BCUT2D eigenvalue weighted by molar-refractivity contribution is 5.87. The molecule has 8 rings (SSSR count). The molecule has 8 saturated carbocycles. The van der Waals surface area contributed by atoms with Gasteiger partial charge in [0, 0.05) is 36.8 Å². The van der Waals surface area contributed by atoms with Crippen molar-refractivity contribution in [2.24, 2.45) is 17.8 Å². The molecule has 0 saturated heterocycles. The van der Waals surface area contributed by atoms with Gasteiger partial charge in [-0.3, -0.25) is 0 Å². The van der Waals surface area contributed by atoms with Crippen molar-refractivity contribution >= 4 is 11.9 Å². The van der Waals surface area contributed by atoms with Crippen LogP contribution in [-0.4, -0.2) is 45.1 Å². The van der Waals surface area contributed by atoms with Gasteiger partial charge in [0.15, 0.2) is 0 Å². The van der Waals surface area contributed by atoms with Gasteiger partial charge in [0.25, 0.3) is 0 Å². The summed E-state index contributed by atoms with van der Waals surface area (Å²) in [4.78, 5) is 37.8. The van der Waals surface area contributed by atoms with Crippen molar-refractivity contribution in [3.05, 3.63) is 24.3 Å². The van der Waals surface area contributed by atoms with E-state index in [1.54, 1.807) is 13.8 Å². The third-order valence-electron chi connectivity index (χ3n) is 9.60. The fourth-order valence-corrected chi connectivity index (χ4v) is 9.48. The fraction of sp³-hybridized carbons (Fsp3) is 0.786. The molecule has 0 amide bonds. The Labute approximate surface area is 207 Å². The number of ether oxygens (including phenoxy) is 2. The van der Waals surface area contributed by atoms with Crippen molar-refractivity contribution in [1.82, 2.24) is 0 Å². The Morgan fingerprint density at radius 1 is 0.657 bits per heavy atom. The van der Waals surface area contributed by atoms with Crippen molar-refractivity contribution in [3.63, 3.8) is 0 Å². The lowest BCUT2D eigenvalue weighted by atomic mass is 9.50. The van der Waals surface area contributed by atoms with Gasteiger partial charge in [-0.05, 0) is 83.0 Å². The minimum atomic E-state index is -0.919. The van der Waals surface area contributed by atoms with Gasteiger partial charge in [-0.1, -0.05) is 13.2 Å². The van der Waals surface area contributed by atoms with E-state index in [0.717, 1.165) is 44.9 Å². The molecule has 35 heavy (non-hydrogen) atoms. The van der Waals surface area contributed by atoms with Crippen LogP contribution in [0, 0.1) is 17.8 Å². The van der Waals surface area contributed by atoms with Gasteiger partial charge in [-0.15, -0.1) is 0 Å². The maximum atomic E-state index is 12.5. The first-order valence-electron chi connectivity index (χ1n) is 13.2. The highest BCUT2D eigenvalue weighted by Crippen LogP contribution is 2.64. The Morgan fingerprint density at radius 3 is 1.71 bits per heavy atom. The first-order chi connectivity index (χ1) is 16.3. The van der Waals surface area contributed by atoms with Crippen LogP contribution in [0.15, 0.2) is 24.3 Å². The molecule has 1 N–H and O–H groups in total. The van der Waals surface area contributed by atoms with Crippen LogP contribution in [-0.2, 0) is 28.8 Å². The van der Waals surface area contributed by atoms with E-state index >= 15 is 0 Å². The lowest BCUT2D eigenvalue weighted by Crippen LogP contribution is -2.68. The highest BCUT2D eigenvalue weighted by atomic mass is 17.2. The van der Waals surface area contributed by atoms with Crippen LogP contribution >= 0.6 is 0 Å². The predicted octanol–water partition coefficient (Wildman–Crippen LogP) is 4.47. The number of hydrogen-bond donors (Lipinski definition) is 1. The molecule has 8 aliphatic carbocycles. The highest BCUT2D eigenvalue weighted by Gasteiger charge is 2.67. The number of aliphatic hydroxyl groups is 1. The number of carbonyl (C=O) groups excluding carboxylic acids is 2. The van der Waals surface area contributed by atoms with Gasteiger partial charge in [0.2, 0.25) is 0 Å². The molecule has 8 aliphatic rings. The number of hydrogen-bond acceptors (Lipinski definition) is 7. The van der Waals surface area contributed by atoms with Crippen LogP contribution in [0.25, 0.3) is 0 Å². The molecule has 0 aromatic rings. The Kier molecular flexibility index (Phi) is 5.02. The summed E-state index contributed by atoms with van der Waals surface area (Å²) >= 11 is 0. The maximum absolute atomic E-state index is 12.5. The summed E-state index contributed by atoms with van der Waals surface area (Å²) in [6, 6.07) is 0. The van der Waals surface area contributed by atoms with E-state index in [2.05, 4.69) is 13.2 Å². The van der Waals surface area contributed by atoms with Gasteiger partial charge < -0.3 is 14.6 Å². The van der Waals surface area contributed by atoms with Crippen LogP contribution in [0.2, 0.25) is 0 Å². The molecule has 0 aromatic heterocycles. The van der Waals surface area contributed by atoms with E-state index in [1.807, 2.05) is 0 Å². The topological polar surface area (TPSA) is 91.3 Å². The summed E-state index contributed by atoms with van der Waals surface area (Å²) in [6.45, 7) is 10.8. The van der Waals surface area contributed by atoms with E-state index in [1.165, 1.54) is 0 Å². The first-order valence-corrected chi connectivity index (χ1v) is 13.2. The smallest absolute Gasteiger partial charge is 0.333 e. The maximum Gasteiger partial charge on any atom is 0.333 e. The summed E-state index contributed by atoms with van der Waals surface area (Å²) in [7, 11) is 0. The Balaban J connectivity index is 1.22. The summed E-state index contributed by atoms with van der Waals surface area (Å²) in [6.07, 6.45) is 9.02. The van der Waals surface area contributed by atoms with E-state index in [9.17, 15) is 14.7 Å². The summed E-state index contributed by atoms with van der Waals surface area (Å²) < 4.78 is 12.0. The molecular weight excluding hydrogens is 448 g/mol. The van der Waals surface area contributed by atoms with Gasteiger partial charge in [0.05, 0.1) is 5.60 Å². The minimum absolute atomic E-state index is 0.219. The molecule has 8 bridgehead atoms. The molecule has 7 heteroatoms. The second-order valence-corrected chi connectivity index (χ2v) is 13.4. The van der Waals surface area contributed by atoms with Crippen LogP contribution in [0.3, 0.4) is 0 Å². The van der Waals surface area contributed by atoms with E-state index < -0.39 is 34.0 Å². The Morgan fingerprint density at radius 2 is 1.11 bits per heavy atom. The SMILES string of the molecule is C=C(C)C(=O)OC12CC3CC(CC(OOC45CC6CC(O)(C4)CC(OC(=O)C(=C)C)(C6)C5)(C3)C1)C2. The van der Waals surface area contributed by atoms with Crippen molar-refractivity contribution in [2.75, 3.05) is 0 Å². The molecule has 8 fully saturated rings. The average Bonchev–Trinajstić information content (AvgIpc) is 2.69. The summed E-state index contributed by atoms with van der Waals surface area (Å²) in [5, 5.41) is 11.4. The number of esters is 2. The fourth-order valence-electron chi connectivity index (χ4n) is 9.48. The van der Waals surface area contributed by atoms with Crippen molar-refractivity contribution in [1.29, 1.82) is 0 Å². The number of carbonyl (C=O) groups is 2. The van der Waals surface area contributed by atoms with Crippen molar-refractivity contribution in [3.8, 4) is 0 Å². The lowest BCUT2D eigenvalue weighted by molar-refractivity contribution is -0.463. The zero-order valence-corrected chi connectivity index (χ0v) is 21.0. The summed E-state index contributed by atoms with van der Waals surface area (Å²) in [5.41, 5.74) is -2.57. The number of rotatable bonds is 7. The van der Waals surface area contributed by atoms with E-state index in [0.29, 0.717) is 55.1 Å². The van der Waals surface area contributed by atoms with Gasteiger partial charge in [0.1, 0.15) is 22.4 Å². The van der Waals surface area contributed by atoms with Crippen LogP contribution in [0.1, 0.15) is 90.9 Å². The van der Waals surface area contributed by atoms with Gasteiger partial charge in [-0.2, -0.15) is 0 Å². The van der Waals surface area contributed by atoms with Crippen molar-refractivity contribution in [2.45, 2.75) is 119 Å². The van der Waals surface area contributed by atoms with Gasteiger partial charge in [-0.25, -0.2) is 19.4 Å². The second kappa shape index (κ2) is 7.42. The molecule has 0 aromatic carbocycles.